The molecule has 0 aliphatic carbocycles. The second kappa shape index (κ2) is 37.4. The quantitative estimate of drug-likeness (QED) is 0.0382. The minimum atomic E-state index is -0.918. The van der Waals surface area contributed by atoms with E-state index in [1.807, 2.05) is 142 Å². The number of morpholine rings is 2. The molecule has 0 saturated carbocycles. The van der Waals surface area contributed by atoms with E-state index in [1.54, 1.807) is 41.9 Å². The van der Waals surface area contributed by atoms with Crippen molar-refractivity contribution in [2.75, 3.05) is 66.7 Å². The molecule has 20 nitrogen and oxygen atoms in total. The van der Waals surface area contributed by atoms with Gasteiger partial charge in [0.25, 0.3) is 0 Å². The molecule has 4 aromatic rings. The number of carbonyl (C=O) groups excluding carboxylic acids is 7. The number of benzene rings is 4. The first kappa shape index (κ1) is 77.2. The molecular formula is C69H94F3N5O15. The number of rotatable bonds is 30. The number of nitrogens with two attached hydrogens (primary N) is 1. The lowest BCUT2D eigenvalue weighted by atomic mass is 9.87. The van der Waals surface area contributed by atoms with Gasteiger partial charge in [0.2, 0.25) is 11.8 Å². The van der Waals surface area contributed by atoms with Crippen LogP contribution in [0.5, 0.6) is 11.5 Å². The number of carboxylic acid groups (broad SMARTS) is 1. The Hall–Kier alpha value is -7.25. The van der Waals surface area contributed by atoms with Crippen LogP contribution in [0, 0.1) is 17.8 Å². The molecule has 4 aliphatic heterocycles. The highest BCUT2D eigenvalue weighted by molar-refractivity contribution is 5.99. The van der Waals surface area contributed by atoms with Crippen LogP contribution in [0.15, 0.2) is 109 Å². The van der Waals surface area contributed by atoms with Gasteiger partial charge in [0.05, 0.1) is 83.1 Å². The van der Waals surface area contributed by atoms with Crippen LogP contribution in [-0.4, -0.2) is 182 Å². The standard InChI is InChI=1S/C35H46N2O7.C26H32N2O5.C8H15NO3.F2.FH/c1-23(15-29(38)21-37-19-24(2)44-25(3)20-37)32(39)18-28(16-27-11-13-30(42-5)14-12-27)34(41)36-31(33(40)35(4)22-43-35)17-26-9-7-6-8-10-26;1-17(27)23(29)15-20(13-19-9-11-21(32-3)12-10-19)25(31)28-22(24(30)26(2)16-33-26)14-18-7-5-4-6-8-18;1-6-3-9(5-8(10)11)4-7(2)12-6;1-2;/h6-14,23-25,28,31H,15-22H2,1-5H3,(H,36,41);4-12,17,20,22H,13-16,27H2,1-3H3,(H,28,31);6-7H,3-5H2,1-2H3,(H,10,11);;1H/t23-,24-,25+,28-,31+,35-;17-,20+,22-,26+;6-,7+;;/m10.../s1. The molecule has 4 saturated heterocycles. The number of amides is 2. The Morgan fingerprint density at radius 2 is 0.891 bits per heavy atom. The smallest absolute Gasteiger partial charge is 0.317 e. The van der Waals surface area contributed by atoms with Crippen molar-refractivity contribution in [3.63, 3.8) is 0 Å². The van der Waals surface area contributed by atoms with Gasteiger partial charge in [0.1, 0.15) is 40.1 Å². The summed E-state index contributed by atoms with van der Waals surface area (Å²) in [4.78, 5) is 107. The first-order chi connectivity index (χ1) is 43.2. The normalized spacial score (nSPS) is 22.6. The van der Waals surface area contributed by atoms with Gasteiger partial charge in [-0.3, -0.25) is 52.9 Å². The van der Waals surface area contributed by atoms with Crippen LogP contribution in [-0.2, 0) is 83.0 Å². The third-order valence-corrected chi connectivity index (χ3v) is 16.3. The van der Waals surface area contributed by atoms with E-state index in [0.717, 1.165) is 35.3 Å². The summed E-state index contributed by atoms with van der Waals surface area (Å²) in [5.41, 5.74) is 7.56. The van der Waals surface area contributed by atoms with E-state index >= 15 is 0 Å². The van der Waals surface area contributed by atoms with Crippen LogP contribution in [0.4, 0.5) is 13.9 Å². The van der Waals surface area contributed by atoms with Gasteiger partial charge < -0.3 is 49.9 Å². The first-order valence-corrected chi connectivity index (χ1v) is 31.0. The lowest BCUT2D eigenvalue weighted by Crippen LogP contribution is -2.50. The van der Waals surface area contributed by atoms with Gasteiger partial charge in [0, 0.05) is 72.3 Å². The van der Waals surface area contributed by atoms with Crippen LogP contribution >= 0.6 is 0 Å². The van der Waals surface area contributed by atoms with Crippen molar-refractivity contribution in [1.82, 2.24) is 20.4 Å². The second-order valence-electron chi connectivity index (χ2n) is 24.8. The van der Waals surface area contributed by atoms with E-state index in [1.165, 1.54) is 0 Å². The highest BCUT2D eigenvalue weighted by atomic mass is 20.0. The van der Waals surface area contributed by atoms with Gasteiger partial charge >= 0.3 is 5.97 Å². The van der Waals surface area contributed by atoms with Gasteiger partial charge in [-0.2, -0.15) is 0 Å². The van der Waals surface area contributed by atoms with E-state index in [0.29, 0.717) is 63.5 Å². The van der Waals surface area contributed by atoms with Crippen molar-refractivity contribution in [2.45, 2.75) is 154 Å². The minimum absolute atomic E-state index is 0. The molecule has 506 valence electrons. The molecule has 0 bridgehead atoms. The number of Topliss-reactive ketones (excluding diaryl/α,β-unsaturated/α-hetero) is 5. The zero-order valence-electron chi connectivity index (χ0n) is 54.6. The summed E-state index contributed by atoms with van der Waals surface area (Å²) in [6, 6.07) is 31.5. The highest BCUT2D eigenvalue weighted by Gasteiger charge is 2.51. The number of carbonyl (C=O) groups is 8. The Balaban J connectivity index is 0.000000329. The van der Waals surface area contributed by atoms with Crippen molar-refractivity contribution in [3.8, 4) is 11.5 Å². The molecule has 4 heterocycles. The average Bonchev–Trinajstić information content (AvgIpc) is 1.65. The minimum Gasteiger partial charge on any atom is -0.497 e. The van der Waals surface area contributed by atoms with Crippen LogP contribution in [0.25, 0.3) is 0 Å². The number of hydrogen-bond donors (Lipinski definition) is 4. The monoisotopic (exact) mass is 1290 g/mol. The van der Waals surface area contributed by atoms with Gasteiger partial charge in [-0.15, -0.1) is 0 Å². The van der Waals surface area contributed by atoms with Crippen molar-refractivity contribution >= 4 is 46.7 Å². The first-order valence-electron chi connectivity index (χ1n) is 31.0. The summed E-state index contributed by atoms with van der Waals surface area (Å²) < 4.78 is 48.5. The molecule has 4 aliphatic rings. The summed E-state index contributed by atoms with van der Waals surface area (Å²) in [6.45, 7) is 18.6. The average molecular weight is 1290 g/mol. The molecule has 4 aromatic carbocycles. The van der Waals surface area contributed by atoms with Crippen LogP contribution in [0.1, 0.15) is 96.9 Å². The fourth-order valence-corrected chi connectivity index (χ4v) is 11.2. The van der Waals surface area contributed by atoms with Gasteiger partial charge in [-0.1, -0.05) is 91.9 Å². The summed E-state index contributed by atoms with van der Waals surface area (Å²) in [6.07, 6.45) is 1.76. The van der Waals surface area contributed by atoms with Gasteiger partial charge in [-0.05, 0) is 121 Å². The molecule has 92 heavy (non-hydrogen) atoms. The number of carboxylic acids is 1. The SMILES string of the molecule is COc1ccc(C[C@H](CC(=O)[C@H](C)CC(=O)CN2C[C@@H](C)O[C@@H](C)C2)C(=O)N[C@@H](Cc2ccccc2)C(=O)[C@@]2(C)CO2)cc1.COc1ccc(C[C@H](CC(=O)[C@H](C)N)C(=O)N[C@@H](Cc2ccccc2)C(=O)[C@@]2(C)CO2)cc1.C[C@@H]1CN(CC(=O)O)C[C@H](C)O1.F.FF. The second-order valence-corrected chi connectivity index (χ2v) is 24.8. The lowest BCUT2D eigenvalue weighted by Gasteiger charge is -2.34. The zero-order valence-corrected chi connectivity index (χ0v) is 54.6. The third-order valence-electron chi connectivity index (χ3n) is 16.3. The van der Waals surface area contributed by atoms with Crippen molar-refractivity contribution in [2.24, 2.45) is 23.5 Å². The maximum absolute atomic E-state index is 13.9. The lowest BCUT2D eigenvalue weighted by molar-refractivity contribution is -0.141. The van der Waals surface area contributed by atoms with Crippen LogP contribution in [0.3, 0.4) is 0 Å². The molecule has 12 atom stereocenters. The number of halogens is 3. The van der Waals surface area contributed by atoms with E-state index in [-0.39, 0.29) is 102 Å². The Labute approximate surface area is 538 Å². The molecule has 4 fully saturated rings. The summed E-state index contributed by atoms with van der Waals surface area (Å²) in [7, 11) is 3.17. The summed E-state index contributed by atoms with van der Waals surface area (Å²) in [5.74, 6) is -2.73. The molecule has 23 heteroatoms. The topological polar surface area (TPSA) is 275 Å². The van der Waals surface area contributed by atoms with Gasteiger partial charge in [0.15, 0.2) is 11.6 Å². The highest BCUT2D eigenvalue weighted by Crippen LogP contribution is 2.31. The fourth-order valence-electron chi connectivity index (χ4n) is 11.2. The predicted molar refractivity (Wildman–Crippen MR) is 340 cm³/mol. The van der Waals surface area contributed by atoms with E-state index in [4.69, 9.17) is 48.4 Å². The fraction of sp³-hybridized carbons (Fsp3) is 0.536. The maximum atomic E-state index is 13.9. The Morgan fingerprint density at radius 3 is 1.22 bits per heavy atom. The Morgan fingerprint density at radius 1 is 0.554 bits per heavy atom. The van der Waals surface area contributed by atoms with Crippen molar-refractivity contribution in [1.29, 1.82) is 0 Å². The van der Waals surface area contributed by atoms with Crippen molar-refractivity contribution < 1.29 is 85.7 Å². The van der Waals surface area contributed by atoms with E-state index in [2.05, 4.69) is 15.5 Å². The molecule has 0 radical (unpaired) electrons. The summed E-state index contributed by atoms with van der Waals surface area (Å²) in [5, 5.41) is 14.4. The van der Waals surface area contributed by atoms with Crippen LogP contribution in [0.2, 0.25) is 0 Å². The van der Waals surface area contributed by atoms with Gasteiger partial charge in [-0.25, -0.2) is 0 Å². The number of methoxy groups -OCH3 is 2. The largest absolute Gasteiger partial charge is 0.497 e. The number of ketones is 5. The maximum Gasteiger partial charge on any atom is 0.317 e. The molecule has 0 spiro atoms. The zero-order chi connectivity index (χ0) is 67.0. The number of ether oxygens (including phenoxy) is 6. The molecule has 2 amide bonds. The number of nitrogens with zero attached hydrogens (tertiary/aromatic N) is 2. The molecular weight excluding hydrogens is 1200 g/mol. The number of hydrogen-bond acceptors (Lipinski definition) is 17. The molecule has 8 rings (SSSR count). The Bertz CT molecular complexity index is 2970. The Kier molecular flexibility index (Phi) is 31.4. The van der Waals surface area contributed by atoms with E-state index in [9.17, 15) is 38.4 Å². The van der Waals surface area contributed by atoms with Crippen molar-refractivity contribution in [3.05, 3.63) is 131 Å². The van der Waals surface area contributed by atoms with Crippen LogP contribution < -0.4 is 25.8 Å². The molecule has 0 unspecified atom stereocenters. The molecule has 0 aromatic heterocycles. The van der Waals surface area contributed by atoms with E-state index < -0.39 is 53.1 Å². The molecule has 5 N–H and O–H groups in total. The third kappa shape index (κ3) is 25.7. The number of nitrogens with one attached hydrogen (secondary N) is 2. The summed E-state index contributed by atoms with van der Waals surface area (Å²) >= 11 is 0. The number of epoxide rings is 2. The number of aliphatic carboxylic acids is 1. The predicted octanol–water partition coefficient (Wildman–Crippen LogP) is 7.02.